The van der Waals surface area contributed by atoms with Gasteiger partial charge in [-0.05, 0) is 23.6 Å². The molecule has 0 saturated carbocycles. The minimum absolute atomic E-state index is 0.0146. The molecule has 1 rings (SSSR count). The lowest BCUT2D eigenvalue weighted by molar-refractivity contribution is 0.203. The summed E-state index contributed by atoms with van der Waals surface area (Å²) in [6.45, 7) is 5.75. The molecule has 92 valence electrons. The highest BCUT2D eigenvalue weighted by Gasteiger charge is 2.20. The van der Waals surface area contributed by atoms with E-state index in [4.69, 9.17) is 9.44 Å². The molecular weight excluding hydrogens is 238 g/mol. The number of benzene rings is 1. The molecule has 0 aliphatic carbocycles. The summed E-state index contributed by atoms with van der Waals surface area (Å²) in [6.07, 6.45) is 0. The average molecular weight is 253 g/mol. The number of hydrogen-bond donors (Lipinski definition) is 0. The number of hydrogen-bond acceptors (Lipinski definition) is 4. The standard InChI is InChI=1S/C12H15NO3S/c1-12(2,3)9-16-17(14,15)11-6-4-5-10(7-11)8-13/h4-7H,9H2,1-3H3. The van der Waals surface area contributed by atoms with Crippen molar-refractivity contribution in [2.24, 2.45) is 5.41 Å². The van der Waals surface area contributed by atoms with Gasteiger partial charge >= 0.3 is 0 Å². The van der Waals surface area contributed by atoms with Gasteiger partial charge in [-0.3, -0.25) is 4.18 Å². The summed E-state index contributed by atoms with van der Waals surface area (Å²) in [4.78, 5) is 0.0146. The van der Waals surface area contributed by atoms with Gasteiger partial charge < -0.3 is 0 Å². The first-order valence-corrected chi connectivity index (χ1v) is 6.55. The fourth-order valence-electron chi connectivity index (χ4n) is 1.04. The Balaban J connectivity index is 2.94. The Morgan fingerprint density at radius 3 is 2.53 bits per heavy atom. The molecule has 0 saturated heterocycles. The number of rotatable bonds is 3. The Hall–Kier alpha value is -1.38. The van der Waals surface area contributed by atoms with Crippen LogP contribution in [0.2, 0.25) is 0 Å². The van der Waals surface area contributed by atoms with Gasteiger partial charge in [-0.15, -0.1) is 0 Å². The number of nitriles is 1. The molecule has 17 heavy (non-hydrogen) atoms. The first kappa shape index (κ1) is 13.7. The second kappa shape index (κ2) is 4.86. The van der Waals surface area contributed by atoms with Crippen molar-refractivity contribution < 1.29 is 12.6 Å². The third-order valence-corrected chi connectivity index (χ3v) is 3.16. The van der Waals surface area contributed by atoms with E-state index in [0.717, 1.165) is 0 Å². The van der Waals surface area contributed by atoms with E-state index >= 15 is 0 Å². The van der Waals surface area contributed by atoms with Crippen LogP contribution in [0.15, 0.2) is 29.2 Å². The minimum Gasteiger partial charge on any atom is -0.266 e. The van der Waals surface area contributed by atoms with Crippen molar-refractivity contribution in [1.82, 2.24) is 0 Å². The van der Waals surface area contributed by atoms with Gasteiger partial charge in [-0.2, -0.15) is 13.7 Å². The Bertz CT molecular complexity index is 536. The van der Waals surface area contributed by atoms with Crippen LogP contribution in [0.5, 0.6) is 0 Å². The maximum absolute atomic E-state index is 11.8. The lowest BCUT2D eigenvalue weighted by Crippen LogP contribution is -2.18. The topological polar surface area (TPSA) is 67.2 Å². The Kier molecular flexibility index (Phi) is 3.91. The molecule has 0 amide bonds. The van der Waals surface area contributed by atoms with Crippen molar-refractivity contribution in [3.05, 3.63) is 29.8 Å². The first-order chi connectivity index (χ1) is 7.74. The van der Waals surface area contributed by atoms with Crippen LogP contribution < -0.4 is 0 Å². The summed E-state index contributed by atoms with van der Waals surface area (Å²) in [5, 5.41) is 8.70. The molecule has 1 aromatic carbocycles. The zero-order chi connectivity index (χ0) is 13.1. The molecule has 4 nitrogen and oxygen atoms in total. The van der Waals surface area contributed by atoms with E-state index in [9.17, 15) is 8.42 Å². The van der Waals surface area contributed by atoms with Crippen molar-refractivity contribution in [2.45, 2.75) is 25.7 Å². The largest absolute Gasteiger partial charge is 0.297 e. The molecule has 5 heteroatoms. The van der Waals surface area contributed by atoms with Crippen molar-refractivity contribution in [2.75, 3.05) is 6.61 Å². The lowest BCUT2D eigenvalue weighted by atomic mass is 9.99. The molecule has 0 bridgehead atoms. The second-order valence-electron chi connectivity index (χ2n) is 4.92. The van der Waals surface area contributed by atoms with Gasteiger partial charge in [-0.1, -0.05) is 26.8 Å². The zero-order valence-electron chi connectivity index (χ0n) is 10.1. The molecule has 0 unspecified atom stereocenters. The molecule has 0 radical (unpaired) electrons. The van der Waals surface area contributed by atoms with Gasteiger partial charge in [0.2, 0.25) is 0 Å². The van der Waals surface area contributed by atoms with Crippen LogP contribution in [0.1, 0.15) is 26.3 Å². The van der Waals surface area contributed by atoms with Gasteiger partial charge in [0.05, 0.1) is 23.1 Å². The summed E-state index contributed by atoms with van der Waals surface area (Å²) in [5.41, 5.74) is 0.0605. The SMILES string of the molecule is CC(C)(C)COS(=O)(=O)c1cccc(C#N)c1. The lowest BCUT2D eigenvalue weighted by Gasteiger charge is -2.17. The average Bonchev–Trinajstić information content (AvgIpc) is 2.26. The fraction of sp³-hybridized carbons (Fsp3) is 0.417. The van der Waals surface area contributed by atoms with Gasteiger partial charge in [0, 0.05) is 0 Å². The minimum atomic E-state index is -3.78. The van der Waals surface area contributed by atoms with Gasteiger partial charge in [-0.25, -0.2) is 0 Å². The quantitative estimate of drug-likeness (QED) is 0.775. The van der Waals surface area contributed by atoms with Crippen molar-refractivity contribution in [3.63, 3.8) is 0 Å². The summed E-state index contributed by atoms with van der Waals surface area (Å²) in [6, 6.07) is 7.68. The normalized spacial score (nSPS) is 12.1. The van der Waals surface area contributed by atoms with Crippen LogP contribution in [0, 0.1) is 16.7 Å². The van der Waals surface area contributed by atoms with E-state index in [0.29, 0.717) is 5.56 Å². The third kappa shape index (κ3) is 4.17. The second-order valence-corrected chi connectivity index (χ2v) is 6.53. The van der Waals surface area contributed by atoms with E-state index in [1.165, 1.54) is 18.2 Å². The third-order valence-electron chi connectivity index (χ3n) is 1.90. The molecule has 0 heterocycles. The Morgan fingerprint density at radius 1 is 1.35 bits per heavy atom. The number of nitrogens with zero attached hydrogens (tertiary/aromatic N) is 1. The zero-order valence-corrected chi connectivity index (χ0v) is 10.9. The van der Waals surface area contributed by atoms with E-state index < -0.39 is 10.1 Å². The van der Waals surface area contributed by atoms with Crippen LogP contribution in [0.3, 0.4) is 0 Å². The summed E-state index contributed by atoms with van der Waals surface area (Å²) in [7, 11) is -3.78. The van der Waals surface area contributed by atoms with Crippen molar-refractivity contribution >= 4 is 10.1 Å². The van der Waals surface area contributed by atoms with E-state index in [1.807, 2.05) is 26.8 Å². The summed E-state index contributed by atoms with van der Waals surface area (Å²) < 4.78 is 28.6. The summed E-state index contributed by atoms with van der Waals surface area (Å²) >= 11 is 0. The Labute approximate surface area is 102 Å². The van der Waals surface area contributed by atoms with Gasteiger partial charge in [0.1, 0.15) is 0 Å². The maximum atomic E-state index is 11.8. The highest BCUT2D eigenvalue weighted by Crippen LogP contribution is 2.19. The van der Waals surface area contributed by atoms with E-state index in [-0.39, 0.29) is 16.9 Å². The molecule has 0 aliphatic rings. The molecule has 0 atom stereocenters. The molecule has 0 fully saturated rings. The van der Waals surface area contributed by atoms with Gasteiger partial charge in [0.25, 0.3) is 10.1 Å². The van der Waals surface area contributed by atoms with Crippen LogP contribution in [0.25, 0.3) is 0 Å². The molecule has 0 aromatic heterocycles. The maximum Gasteiger partial charge on any atom is 0.297 e. The highest BCUT2D eigenvalue weighted by atomic mass is 32.2. The predicted octanol–water partition coefficient (Wildman–Crippen LogP) is 2.31. The summed E-state index contributed by atoms with van der Waals surface area (Å²) in [5.74, 6) is 0. The predicted molar refractivity (Wildman–Crippen MR) is 63.7 cm³/mol. The van der Waals surface area contributed by atoms with Crippen LogP contribution in [0.4, 0.5) is 0 Å². The molecule has 0 N–H and O–H groups in total. The van der Waals surface area contributed by atoms with Crippen LogP contribution >= 0.6 is 0 Å². The van der Waals surface area contributed by atoms with Crippen LogP contribution in [-0.4, -0.2) is 15.0 Å². The highest BCUT2D eigenvalue weighted by molar-refractivity contribution is 7.86. The first-order valence-electron chi connectivity index (χ1n) is 5.14. The van der Waals surface area contributed by atoms with E-state index in [1.54, 1.807) is 6.07 Å². The molecular formula is C12H15NO3S. The Morgan fingerprint density at radius 2 is 2.00 bits per heavy atom. The molecule has 0 spiro atoms. The van der Waals surface area contributed by atoms with Crippen molar-refractivity contribution in [3.8, 4) is 6.07 Å². The fourth-order valence-corrected chi connectivity index (χ4v) is 2.20. The van der Waals surface area contributed by atoms with Crippen LogP contribution in [-0.2, 0) is 14.3 Å². The van der Waals surface area contributed by atoms with Gasteiger partial charge in [0.15, 0.2) is 0 Å². The monoisotopic (exact) mass is 253 g/mol. The van der Waals surface area contributed by atoms with E-state index in [2.05, 4.69) is 0 Å². The molecule has 0 aliphatic heterocycles. The molecule has 1 aromatic rings. The van der Waals surface area contributed by atoms with Crippen molar-refractivity contribution in [1.29, 1.82) is 5.26 Å². The smallest absolute Gasteiger partial charge is 0.266 e.